The first-order valence-corrected chi connectivity index (χ1v) is 16.1. The molecule has 2 aromatic heterocycles. The lowest BCUT2D eigenvalue weighted by Crippen LogP contribution is -2.00. The molecule has 0 saturated carbocycles. The van der Waals surface area contributed by atoms with E-state index in [0.717, 1.165) is 71.7 Å². The van der Waals surface area contributed by atoms with Crippen LogP contribution in [0.2, 0.25) is 0 Å². The van der Waals surface area contributed by atoms with Crippen molar-refractivity contribution in [3.63, 3.8) is 0 Å². The summed E-state index contributed by atoms with van der Waals surface area (Å²) in [6.45, 7) is 0. The first-order chi connectivity index (χ1) is 24.2. The van der Waals surface area contributed by atoms with Crippen LogP contribution in [0.1, 0.15) is 5.56 Å². The van der Waals surface area contributed by atoms with Crippen molar-refractivity contribution in [1.29, 1.82) is 5.26 Å². The molecule has 0 atom stereocenters. The zero-order valence-corrected chi connectivity index (χ0v) is 26.2. The van der Waals surface area contributed by atoms with Gasteiger partial charge in [0.1, 0.15) is 11.2 Å². The van der Waals surface area contributed by atoms with Crippen molar-refractivity contribution in [3.05, 3.63) is 163 Å². The fourth-order valence-electron chi connectivity index (χ4n) is 6.54. The number of nitrogens with zero attached hydrogens (tertiary/aromatic N) is 4. The minimum atomic E-state index is 0.555. The number of benzene rings is 7. The molecule has 0 bridgehead atoms. The van der Waals surface area contributed by atoms with Gasteiger partial charge in [0, 0.05) is 33.0 Å². The molecule has 0 radical (unpaired) electrons. The van der Waals surface area contributed by atoms with E-state index in [0.29, 0.717) is 23.0 Å². The fraction of sp³-hybridized carbons (Fsp3) is 0. The quantitative estimate of drug-likeness (QED) is 0.190. The van der Waals surface area contributed by atoms with Gasteiger partial charge in [-0.05, 0) is 57.8 Å². The third-order valence-corrected chi connectivity index (χ3v) is 8.97. The molecule has 0 aliphatic heterocycles. The molecule has 228 valence electrons. The van der Waals surface area contributed by atoms with Crippen molar-refractivity contribution in [1.82, 2.24) is 15.0 Å². The molecule has 0 spiro atoms. The molecule has 2 heterocycles. The predicted octanol–water partition coefficient (Wildman–Crippen LogP) is 11.1. The molecule has 0 fully saturated rings. The highest BCUT2D eigenvalue weighted by molar-refractivity contribution is 6.13. The van der Waals surface area contributed by atoms with E-state index in [1.54, 1.807) is 0 Å². The Bertz CT molecular complexity index is 2710. The summed E-state index contributed by atoms with van der Waals surface area (Å²) < 4.78 is 6.41. The molecule has 7 aromatic carbocycles. The van der Waals surface area contributed by atoms with Crippen molar-refractivity contribution in [3.8, 4) is 62.5 Å². The highest BCUT2D eigenvalue weighted by Gasteiger charge is 2.17. The van der Waals surface area contributed by atoms with Crippen molar-refractivity contribution in [2.45, 2.75) is 0 Å². The van der Waals surface area contributed by atoms with Gasteiger partial charge in [-0.2, -0.15) is 5.26 Å². The van der Waals surface area contributed by atoms with Crippen LogP contribution in [0.5, 0.6) is 0 Å². The number of fused-ring (bicyclic) bond motifs is 4. The highest BCUT2D eigenvalue weighted by Crippen LogP contribution is 2.38. The summed E-state index contributed by atoms with van der Waals surface area (Å²) in [5, 5.41) is 14.2. The second-order valence-electron chi connectivity index (χ2n) is 12.0. The van der Waals surface area contributed by atoms with E-state index in [2.05, 4.69) is 60.7 Å². The Balaban J connectivity index is 1.15. The molecule has 49 heavy (non-hydrogen) atoms. The van der Waals surface area contributed by atoms with Crippen molar-refractivity contribution in [2.24, 2.45) is 0 Å². The van der Waals surface area contributed by atoms with E-state index >= 15 is 0 Å². The molecule has 5 nitrogen and oxygen atoms in total. The predicted molar refractivity (Wildman–Crippen MR) is 197 cm³/mol. The maximum Gasteiger partial charge on any atom is 0.164 e. The van der Waals surface area contributed by atoms with E-state index < -0.39 is 0 Å². The number of rotatable bonds is 5. The molecule has 0 unspecified atom stereocenters. The van der Waals surface area contributed by atoms with Gasteiger partial charge < -0.3 is 4.42 Å². The first kappa shape index (κ1) is 28.3. The van der Waals surface area contributed by atoms with Crippen molar-refractivity contribution >= 4 is 32.7 Å². The number of nitriles is 1. The Morgan fingerprint density at radius 3 is 1.67 bits per heavy atom. The zero-order valence-electron chi connectivity index (χ0n) is 26.2. The Labute approximate surface area is 282 Å². The molecule has 0 saturated heterocycles. The van der Waals surface area contributed by atoms with Crippen LogP contribution in [0.4, 0.5) is 0 Å². The zero-order chi connectivity index (χ0) is 32.7. The number of hydrogen-bond acceptors (Lipinski definition) is 5. The van der Waals surface area contributed by atoms with Gasteiger partial charge in [-0.25, -0.2) is 15.0 Å². The van der Waals surface area contributed by atoms with E-state index in [1.807, 2.05) is 103 Å². The van der Waals surface area contributed by atoms with Gasteiger partial charge in [0.2, 0.25) is 0 Å². The number of hydrogen-bond donors (Lipinski definition) is 0. The van der Waals surface area contributed by atoms with Crippen LogP contribution in [0.3, 0.4) is 0 Å². The van der Waals surface area contributed by atoms with Gasteiger partial charge >= 0.3 is 0 Å². The van der Waals surface area contributed by atoms with Gasteiger partial charge in [0.25, 0.3) is 0 Å². The maximum absolute atomic E-state index is 9.94. The molecule has 9 aromatic rings. The van der Waals surface area contributed by atoms with Crippen LogP contribution < -0.4 is 0 Å². The lowest BCUT2D eigenvalue weighted by atomic mass is 9.95. The van der Waals surface area contributed by atoms with Gasteiger partial charge in [0.15, 0.2) is 17.5 Å². The lowest BCUT2D eigenvalue weighted by molar-refractivity contribution is 0.669. The fourth-order valence-corrected chi connectivity index (χ4v) is 6.54. The normalized spacial score (nSPS) is 11.2. The summed E-state index contributed by atoms with van der Waals surface area (Å²) in [5.74, 6) is 1.70. The van der Waals surface area contributed by atoms with Crippen LogP contribution in [-0.2, 0) is 0 Å². The molecule has 0 amide bonds. The first-order valence-electron chi connectivity index (χ1n) is 16.1. The summed E-state index contributed by atoms with van der Waals surface area (Å²) in [7, 11) is 0. The second kappa shape index (κ2) is 11.7. The van der Waals surface area contributed by atoms with Gasteiger partial charge in [-0.15, -0.1) is 0 Å². The third kappa shape index (κ3) is 5.09. The molecule has 5 heteroatoms. The van der Waals surface area contributed by atoms with Gasteiger partial charge in [-0.3, -0.25) is 0 Å². The summed E-state index contributed by atoms with van der Waals surface area (Å²) in [5.41, 5.74) is 8.94. The average Bonchev–Trinajstić information content (AvgIpc) is 3.56. The molecular weight excluding hydrogens is 601 g/mol. The SMILES string of the molecule is N#Cc1cc2ccccc2cc1-c1ccc(-c2nc(-c3ccccc3)nc(-c3ccc4c(c3)oc3cccc(-c5ccccc5)c34)n2)cc1. The number of aromatic nitrogens is 3. The summed E-state index contributed by atoms with van der Waals surface area (Å²) in [6, 6.07) is 55.2. The standard InChI is InChI=1S/C44H26N4O/c45-27-35-24-32-14-7-8-15-33(32)25-38(35)29-18-20-31(21-19-29)43-46-42(30-12-5-2-6-13-30)47-44(48-43)34-22-23-37-40(26-34)49-39-17-9-16-36(41(37)39)28-10-3-1-4-11-28/h1-26H. The van der Waals surface area contributed by atoms with Crippen LogP contribution in [0.15, 0.2) is 162 Å². The largest absolute Gasteiger partial charge is 0.456 e. The molecular formula is C44H26N4O. The minimum Gasteiger partial charge on any atom is -0.456 e. The van der Waals surface area contributed by atoms with Crippen LogP contribution in [0.25, 0.3) is 89.1 Å². The molecule has 0 aliphatic carbocycles. The molecule has 0 N–H and O–H groups in total. The summed E-state index contributed by atoms with van der Waals surface area (Å²) >= 11 is 0. The summed E-state index contributed by atoms with van der Waals surface area (Å²) in [6.07, 6.45) is 0. The van der Waals surface area contributed by atoms with Gasteiger partial charge in [-0.1, -0.05) is 127 Å². The highest BCUT2D eigenvalue weighted by atomic mass is 16.3. The maximum atomic E-state index is 9.94. The van der Waals surface area contributed by atoms with Crippen molar-refractivity contribution < 1.29 is 4.42 Å². The topological polar surface area (TPSA) is 75.6 Å². The van der Waals surface area contributed by atoms with E-state index in [1.165, 1.54) is 0 Å². The molecule has 0 aliphatic rings. The lowest BCUT2D eigenvalue weighted by Gasteiger charge is -2.10. The average molecular weight is 627 g/mol. The third-order valence-electron chi connectivity index (χ3n) is 8.97. The van der Waals surface area contributed by atoms with E-state index in [4.69, 9.17) is 19.4 Å². The van der Waals surface area contributed by atoms with Crippen LogP contribution >= 0.6 is 0 Å². The minimum absolute atomic E-state index is 0.555. The number of furan rings is 1. The smallest absolute Gasteiger partial charge is 0.164 e. The van der Waals surface area contributed by atoms with Crippen molar-refractivity contribution in [2.75, 3.05) is 0 Å². The molecule has 9 rings (SSSR count). The Kier molecular flexibility index (Phi) is 6.78. The Morgan fingerprint density at radius 1 is 0.429 bits per heavy atom. The Morgan fingerprint density at radius 2 is 0.980 bits per heavy atom. The van der Waals surface area contributed by atoms with Crippen LogP contribution in [-0.4, -0.2) is 15.0 Å². The van der Waals surface area contributed by atoms with E-state index in [-0.39, 0.29) is 0 Å². The van der Waals surface area contributed by atoms with Gasteiger partial charge in [0.05, 0.1) is 11.6 Å². The second-order valence-corrected chi connectivity index (χ2v) is 12.0. The summed E-state index contributed by atoms with van der Waals surface area (Å²) in [4.78, 5) is 14.8. The Hall–Kier alpha value is -6.90. The van der Waals surface area contributed by atoms with Crippen LogP contribution in [0, 0.1) is 11.3 Å². The van der Waals surface area contributed by atoms with E-state index in [9.17, 15) is 5.26 Å². The monoisotopic (exact) mass is 626 g/mol.